The van der Waals surface area contributed by atoms with Gasteiger partial charge >= 0.3 is 0 Å². The molecule has 2 aromatic rings. The van der Waals surface area contributed by atoms with Gasteiger partial charge in [0, 0.05) is 17.6 Å². The number of ketones is 1. The number of halogens is 3. The molecule has 1 aromatic carbocycles. The zero-order valence-corrected chi connectivity index (χ0v) is 9.92. The molecule has 0 saturated carbocycles. The van der Waals surface area contributed by atoms with Crippen LogP contribution < -0.4 is 0 Å². The van der Waals surface area contributed by atoms with Crippen molar-refractivity contribution >= 4 is 17.4 Å². The van der Waals surface area contributed by atoms with Crippen molar-refractivity contribution in [2.45, 2.75) is 6.42 Å². The maximum Gasteiger partial charge on any atom is 0.170 e. The summed E-state index contributed by atoms with van der Waals surface area (Å²) in [5, 5.41) is 0.249. The van der Waals surface area contributed by atoms with Crippen LogP contribution in [0.1, 0.15) is 15.9 Å². The number of aromatic nitrogens is 1. The van der Waals surface area contributed by atoms with E-state index >= 15 is 0 Å². The number of carbonyl (C=O) groups excluding carboxylic acids is 1. The van der Waals surface area contributed by atoms with Gasteiger partial charge in [0.2, 0.25) is 0 Å². The molecule has 0 aliphatic heterocycles. The molecule has 0 fully saturated rings. The van der Waals surface area contributed by atoms with Crippen LogP contribution in [-0.2, 0) is 6.42 Å². The van der Waals surface area contributed by atoms with Crippen molar-refractivity contribution in [2.75, 3.05) is 0 Å². The van der Waals surface area contributed by atoms with Gasteiger partial charge in [-0.25, -0.2) is 8.78 Å². The van der Waals surface area contributed by atoms with Crippen molar-refractivity contribution in [3.8, 4) is 0 Å². The highest BCUT2D eigenvalue weighted by atomic mass is 35.5. The molecule has 0 amide bonds. The maximum absolute atomic E-state index is 13.5. The fraction of sp³-hybridized carbons (Fsp3) is 0.0769. The highest BCUT2D eigenvalue weighted by molar-refractivity contribution is 6.30. The molecule has 0 N–H and O–H groups in total. The molecule has 0 unspecified atom stereocenters. The Kier molecular flexibility index (Phi) is 3.67. The lowest BCUT2D eigenvalue weighted by Crippen LogP contribution is -2.07. The molecule has 0 atom stereocenters. The minimum absolute atomic E-state index is 0.0978. The number of hydrogen-bond donors (Lipinski definition) is 0. The van der Waals surface area contributed by atoms with Crippen LogP contribution in [0.2, 0.25) is 5.02 Å². The summed E-state index contributed by atoms with van der Waals surface area (Å²) in [6, 6.07) is 5.28. The molecule has 2 nitrogen and oxygen atoms in total. The first kappa shape index (κ1) is 12.6. The number of benzene rings is 1. The summed E-state index contributed by atoms with van der Waals surface area (Å²) in [7, 11) is 0. The van der Waals surface area contributed by atoms with Crippen LogP contribution in [-0.4, -0.2) is 10.8 Å². The predicted octanol–water partition coefficient (Wildman–Crippen LogP) is 3.44. The van der Waals surface area contributed by atoms with Crippen molar-refractivity contribution < 1.29 is 13.6 Å². The number of nitrogens with zero attached hydrogens (tertiary/aromatic N) is 1. The van der Waals surface area contributed by atoms with Crippen molar-refractivity contribution in [1.82, 2.24) is 4.98 Å². The Hall–Kier alpha value is -1.81. The lowest BCUT2D eigenvalue weighted by Gasteiger charge is -2.04. The first-order valence-corrected chi connectivity index (χ1v) is 5.52. The number of carbonyl (C=O) groups is 1. The Balaban J connectivity index is 2.24. The topological polar surface area (TPSA) is 30.0 Å². The Morgan fingerprint density at radius 1 is 1.22 bits per heavy atom. The van der Waals surface area contributed by atoms with Crippen molar-refractivity contribution in [3.05, 3.63) is 64.4 Å². The van der Waals surface area contributed by atoms with Gasteiger partial charge in [0.15, 0.2) is 11.6 Å². The maximum atomic E-state index is 13.5. The molecule has 0 saturated heterocycles. The van der Waals surface area contributed by atoms with Crippen LogP contribution in [0.25, 0.3) is 0 Å². The van der Waals surface area contributed by atoms with Crippen LogP contribution in [0.4, 0.5) is 8.78 Å². The van der Waals surface area contributed by atoms with Gasteiger partial charge in [0.05, 0.1) is 11.8 Å². The Labute approximate surface area is 107 Å². The number of Topliss-reactive ketones (excluding diaryl/α,β-unsaturated/α-hetero) is 1. The highest BCUT2D eigenvalue weighted by Crippen LogP contribution is 2.17. The summed E-state index contributed by atoms with van der Waals surface area (Å²) in [6.07, 6.45) is 2.05. The molecule has 2 rings (SSSR count). The van der Waals surface area contributed by atoms with E-state index in [2.05, 4.69) is 4.98 Å². The van der Waals surface area contributed by atoms with E-state index in [9.17, 15) is 13.6 Å². The Morgan fingerprint density at radius 2 is 2.00 bits per heavy atom. The van der Waals surface area contributed by atoms with E-state index in [-0.39, 0.29) is 22.6 Å². The molecule has 92 valence electrons. The van der Waals surface area contributed by atoms with Crippen molar-refractivity contribution in [1.29, 1.82) is 0 Å². The zero-order chi connectivity index (χ0) is 13.1. The van der Waals surface area contributed by atoms with Gasteiger partial charge in [0.1, 0.15) is 5.82 Å². The van der Waals surface area contributed by atoms with Crippen molar-refractivity contribution in [3.63, 3.8) is 0 Å². The van der Waals surface area contributed by atoms with Gasteiger partial charge in [-0.3, -0.25) is 9.78 Å². The normalized spacial score (nSPS) is 10.4. The Bertz CT molecular complexity index is 601. The van der Waals surface area contributed by atoms with E-state index in [1.54, 1.807) is 0 Å². The lowest BCUT2D eigenvalue weighted by molar-refractivity contribution is 0.0988. The SMILES string of the molecule is O=C(Cc1ccc(Cl)cc1F)c1ccncc1F. The molecule has 1 aromatic heterocycles. The largest absolute Gasteiger partial charge is 0.294 e. The third kappa shape index (κ3) is 2.71. The molecular weight excluding hydrogens is 260 g/mol. The summed E-state index contributed by atoms with van der Waals surface area (Å²) in [4.78, 5) is 15.3. The Morgan fingerprint density at radius 3 is 2.67 bits per heavy atom. The number of hydrogen-bond acceptors (Lipinski definition) is 2. The van der Waals surface area contributed by atoms with Crippen LogP contribution in [0.15, 0.2) is 36.7 Å². The molecule has 0 aliphatic rings. The first-order chi connectivity index (χ1) is 8.58. The lowest BCUT2D eigenvalue weighted by atomic mass is 10.0. The fourth-order valence-corrected chi connectivity index (χ4v) is 1.69. The van der Waals surface area contributed by atoms with Gasteiger partial charge in [0.25, 0.3) is 0 Å². The van der Waals surface area contributed by atoms with Gasteiger partial charge < -0.3 is 0 Å². The molecule has 0 radical (unpaired) electrons. The van der Waals surface area contributed by atoms with Gasteiger partial charge in [-0.1, -0.05) is 17.7 Å². The minimum atomic E-state index is -0.711. The third-order valence-corrected chi connectivity index (χ3v) is 2.67. The van der Waals surface area contributed by atoms with E-state index in [1.165, 1.54) is 24.4 Å². The summed E-state index contributed by atoms with van der Waals surface area (Å²) in [5.74, 6) is -1.79. The average molecular weight is 268 g/mol. The fourth-order valence-electron chi connectivity index (χ4n) is 1.53. The van der Waals surface area contributed by atoms with E-state index in [4.69, 9.17) is 11.6 Å². The van der Waals surface area contributed by atoms with Crippen LogP contribution >= 0.6 is 11.6 Å². The van der Waals surface area contributed by atoms with E-state index in [0.717, 1.165) is 12.3 Å². The van der Waals surface area contributed by atoms with E-state index < -0.39 is 17.4 Å². The van der Waals surface area contributed by atoms with Gasteiger partial charge in [-0.2, -0.15) is 0 Å². The van der Waals surface area contributed by atoms with Crippen LogP contribution in [0.5, 0.6) is 0 Å². The highest BCUT2D eigenvalue weighted by Gasteiger charge is 2.14. The minimum Gasteiger partial charge on any atom is -0.294 e. The molecule has 0 aliphatic carbocycles. The van der Waals surface area contributed by atoms with E-state index in [0.29, 0.717) is 0 Å². The van der Waals surface area contributed by atoms with Gasteiger partial charge in [-0.15, -0.1) is 0 Å². The second kappa shape index (κ2) is 5.23. The average Bonchev–Trinajstić information content (AvgIpc) is 2.33. The monoisotopic (exact) mass is 267 g/mol. The third-order valence-electron chi connectivity index (χ3n) is 2.44. The summed E-state index contributed by atoms with van der Waals surface area (Å²) < 4.78 is 26.8. The quantitative estimate of drug-likeness (QED) is 0.798. The van der Waals surface area contributed by atoms with Crippen LogP contribution in [0.3, 0.4) is 0 Å². The molecular formula is C13H8ClF2NO. The summed E-state index contributed by atoms with van der Waals surface area (Å²) in [5.41, 5.74) is 0.0833. The van der Waals surface area contributed by atoms with E-state index in [1.807, 2.05) is 0 Å². The van der Waals surface area contributed by atoms with Crippen LogP contribution in [0, 0.1) is 11.6 Å². The molecule has 0 spiro atoms. The first-order valence-electron chi connectivity index (χ1n) is 5.14. The second-order valence-corrected chi connectivity index (χ2v) is 4.13. The predicted molar refractivity (Wildman–Crippen MR) is 63.6 cm³/mol. The zero-order valence-electron chi connectivity index (χ0n) is 9.16. The van der Waals surface area contributed by atoms with Crippen molar-refractivity contribution in [2.24, 2.45) is 0 Å². The number of pyridine rings is 1. The van der Waals surface area contributed by atoms with Gasteiger partial charge in [-0.05, 0) is 23.8 Å². The molecule has 0 bridgehead atoms. The molecule has 1 heterocycles. The number of rotatable bonds is 3. The standard InChI is InChI=1S/C13H8ClF2NO/c14-9-2-1-8(11(15)6-9)5-13(18)10-3-4-17-7-12(10)16/h1-4,6-7H,5H2. The summed E-state index contributed by atoms with van der Waals surface area (Å²) >= 11 is 5.60. The molecule has 5 heteroatoms. The summed E-state index contributed by atoms with van der Waals surface area (Å²) in [6.45, 7) is 0. The molecule has 18 heavy (non-hydrogen) atoms. The smallest absolute Gasteiger partial charge is 0.170 e. The second-order valence-electron chi connectivity index (χ2n) is 3.69.